The van der Waals surface area contributed by atoms with Crippen molar-refractivity contribution in [3.8, 4) is 0 Å². The molecule has 0 aromatic carbocycles. The number of nitrogens with one attached hydrogen (secondary N) is 1. The minimum atomic E-state index is -0.113. The van der Waals surface area contributed by atoms with Crippen molar-refractivity contribution in [1.82, 2.24) is 5.32 Å². The quantitative estimate of drug-likeness (QED) is 0.612. The van der Waals surface area contributed by atoms with E-state index in [1.165, 1.54) is 11.3 Å². The Morgan fingerprint density at radius 1 is 1.40 bits per heavy atom. The molecule has 0 bridgehead atoms. The van der Waals surface area contributed by atoms with Crippen LogP contribution in [-0.4, -0.2) is 11.3 Å². The fraction of sp³-hybridized carbons (Fsp3) is 0.667. The molecule has 0 heterocycles. The van der Waals surface area contributed by atoms with E-state index in [0.29, 0.717) is 0 Å². The van der Waals surface area contributed by atoms with E-state index in [1.54, 1.807) is 0 Å². The first-order valence-electron chi connectivity index (χ1n) is 5.52. The van der Waals surface area contributed by atoms with Gasteiger partial charge in [-0.2, -0.15) is 12.6 Å². The summed E-state index contributed by atoms with van der Waals surface area (Å²) in [6.45, 7) is 12.3. The average Bonchev–Trinajstić information content (AvgIpc) is 2.18. The van der Waals surface area contributed by atoms with Gasteiger partial charge in [0.05, 0.1) is 6.04 Å². The lowest BCUT2D eigenvalue weighted by atomic mass is 10.1. The SMILES string of the molecule is C=C(NC(C)=C(CC)CC)C(N)C(C)S. The summed E-state index contributed by atoms with van der Waals surface area (Å²) in [7, 11) is 0. The van der Waals surface area contributed by atoms with Crippen LogP contribution in [0.2, 0.25) is 0 Å². The van der Waals surface area contributed by atoms with Gasteiger partial charge in [0.15, 0.2) is 0 Å². The third kappa shape index (κ3) is 4.76. The fourth-order valence-corrected chi connectivity index (χ4v) is 1.66. The minimum Gasteiger partial charge on any atom is -0.362 e. The van der Waals surface area contributed by atoms with Crippen molar-refractivity contribution < 1.29 is 0 Å². The van der Waals surface area contributed by atoms with Gasteiger partial charge in [0.1, 0.15) is 0 Å². The number of rotatable bonds is 6. The predicted octanol–water partition coefficient (Wildman–Crippen LogP) is 2.83. The Morgan fingerprint density at radius 2 is 1.87 bits per heavy atom. The molecular weight excluding hydrogens is 204 g/mol. The van der Waals surface area contributed by atoms with E-state index in [1.807, 2.05) is 6.92 Å². The lowest BCUT2D eigenvalue weighted by Crippen LogP contribution is -2.36. The molecule has 15 heavy (non-hydrogen) atoms. The Labute approximate surface area is 99.4 Å². The fourth-order valence-electron chi connectivity index (χ4n) is 1.48. The smallest absolute Gasteiger partial charge is 0.0557 e. The Hall–Kier alpha value is -0.410. The summed E-state index contributed by atoms with van der Waals surface area (Å²) < 4.78 is 0. The summed E-state index contributed by atoms with van der Waals surface area (Å²) in [5, 5.41) is 3.39. The van der Waals surface area contributed by atoms with Crippen molar-refractivity contribution in [3.63, 3.8) is 0 Å². The second-order valence-electron chi connectivity index (χ2n) is 3.85. The average molecular weight is 228 g/mol. The first kappa shape index (κ1) is 14.6. The molecule has 2 atom stereocenters. The Balaban J connectivity index is 4.47. The highest BCUT2D eigenvalue weighted by Gasteiger charge is 2.12. The van der Waals surface area contributed by atoms with Crippen LogP contribution < -0.4 is 11.1 Å². The highest BCUT2D eigenvalue weighted by Crippen LogP contribution is 2.13. The van der Waals surface area contributed by atoms with Crippen molar-refractivity contribution in [2.24, 2.45) is 5.73 Å². The second kappa shape index (κ2) is 6.96. The largest absolute Gasteiger partial charge is 0.362 e. The van der Waals surface area contributed by atoms with E-state index in [-0.39, 0.29) is 11.3 Å². The van der Waals surface area contributed by atoms with Crippen LogP contribution in [0.15, 0.2) is 23.5 Å². The summed E-state index contributed by atoms with van der Waals surface area (Å²) in [5.74, 6) is 0. The minimum absolute atomic E-state index is 0.113. The van der Waals surface area contributed by atoms with Gasteiger partial charge in [-0.1, -0.05) is 32.9 Å². The maximum atomic E-state index is 5.93. The van der Waals surface area contributed by atoms with Gasteiger partial charge in [-0.25, -0.2) is 0 Å². The van der Waals surface area contributed by atoms with Gasteiger partial charge < -0.3 is 11.1 Å². The van der Waals surface area contributed by atoms with Gasteiger partial charge >= 0.3 is 0 Å². The zero-order valence-corrected chi connectivity index (χ0v) is 11.2. The number of thiol groups is 1. The van der Waals surface area contributed by atoms with Crippen LogP contribution >= 0.6 is 12.6 Å². The molecule has 2 nitrogen and oxygen atoms in total. The molecule has 0 saturated carbocycles. The number of nitrogens with two attached hydrogens (primary N) is 1. The number of allylic oxidation sites excluding steroid dienone is 2. The highest BCUT2D eigenvalue weighted by atomic mass is 32.1. The lowest BCUT2D eigenvalue weighted by molar-refractivity contribution is 0.701. The van der Waals surface area contributed by atoms with Crippen molar-refractivity contribution >= 4 is 12.6 Å². The van der Waals surface area contributed by atoms with Crippen LogP contribution in [0.25, 0.3) is 0 Å². The monoisotopic (exact) mass is 228 g/mol. The molecule has 0 spiro atoms. The Morgan fingerprint density at radius 3 is 2.20 bits per heavy atom. The molecule has 0 rings (SSSR count). The summed E-state index contributed by atoms with van der Waals surface area (Å²) in [6.07, 6.45) is 2.13. The molecular formula is C12H24N2S. The maximum absolute atomic E-state index is 5.93. The Bertz CT molecular complexity index is 238. The van der Waals surface area contributed by atoms with Crippen molar-refractivity contribution in [1.29, 1.82) is 0 Å². The first-order valence-corrected chi connectivity index (χ1v) is 6.03. The van der Waals surface area contributed by atoms with E-state index in [0.717, 1.165) is 18.5 Å². The maximum Gasteiger partial charge on any atom is 0.0557 e. The van der Waals surface area contributed by atoms with Crippen LogP contribution in [0.1, 0.15) is 40.5 Å². The summed E-state index contributed by atoms with van der Waals surface area (Å²) in [4.78, 5) is 0. The standard InChI is InChI=1S/C12H24N2S/c1-6-11(7-2)8(3)14-9(4)12(13)10(5)15/h10,12,14-15H,4,6-7,13H2,1-3,5H3. The lowest BCUT2D eigenvalue weighted by Gasteiger charge is -2.21. The molecule has 2 unspecified atom stereocenters. The van der Waals surface area contributed by atoms with Crippen LogP contribution in [0.5, 0.6) is 0 Å². The molecule has 0 aliphatic rings. The molecule has 0 aromatic heterocycles. The van der Waals surface area contributed by atoms with Gasteiger partial charge in [-0.3, -0.25) is 0 Å². The van der Waals surface area contributed by atoms with Crippen LogP contribution in [-0.2, 0) is 0 Å². The van der Waals surface area contributed by atoms with Crippen LogP contribution in [0.4, 0.5) is 0 Å². The van der Waals surface area contributed by atoms with E-state index >= 15 is 0 Å². The van der Waals surface area contributed by atoms with Crippen molar-refractivity contribution in [2.45, 2.75) is 51.8 Å². The number of hydrogen-bond acceptors (Lipinski definition) is 3. The van der Waals surface area contributed by atoms with Gasteiger partial charge in [0.2, 0.25) is 0 Å². The third-order valence-corrected chi connectivity index (χ3v) is 2.98. The normalized spacial score (nSPS) is 14.3. The van der Waals surface area contributed by atoms with Gasteiger partial charge in [-0.05, 0) is 19.8 Å². The molecule has 0 aromatic rings. The van der Waals surface area contributed by atoms with Crippen molar-refractivity contribution in [3.05, 3.63) is 23.5 Å². The zero-order chi connectivity index (χ0) is 12.0. The van der Waals surface area contributed by atoms with Crippen molar-refractivity contribution in [2.75, 3.05) is 0 Å². The van der Waals surface area contributed by atoms with E-state index in [4.69, 9.17) is 5.73 Å². The van der Waals surface area contributed by atoms with Crippen LogP contribution in [0, 0.1) is 0 Å². The van der Waals surface area contributed by atoms with Gasteiger partial charge in [0.25, 0.3) is 0 Å². The highest BCUT2D eigenvalue weighted by molar-refractivity contribution is 7.81. The summed E-state index contributed by atoms with van der Waals surface area (Å²) in [6, 6.07) is -0.113. The molecule has 0 aliphatic carbocycles. The molecule has 0 aliphatic heterocycles. The van der Waals surface area contributed by atoms with Gasteiger partial charge in [0, 0.05) is 16.6 Å². The summed E-state index contributed by atoms with van der Waals surface area (Å²) in [5.41, 5.74) is 9.36. The Kier molecular flexibility index (Phi) is 6.77. The summed E-state index contributed by atoms with van der Waals surface area (Å²) >= 11 is 4.31. The molecule has 0 fully saturated rings. The zero-order valence-electron chi connectivity index (χ0n) is 10.3. The molecule has 3 N–H and O–H groups in total. The molecule has 88 valence electrons. The van der Waals surface area contributed by atoms with E-state index in [9.17, 15) is 0 Å². The second-order valence-corrected chi connectivity index (χ2v) is 4.67. The number of hydrogen-bond donors (Lipinski definition) is 3. The molecule has 0 amide bonds. The van der Waals surface area contributed by atoms with E-state index in [2.05, 4.69) is 45.3 Å². The molecule has 3 heteroatoms. The molecule has 0 radical (unpaired) electrons. The van der Waals surface area contributed by atoms with Crippen LogP contribution in [0.3, 0.4) is 0 Å². The van der Waals surface area contributed by atoms with E-state index < -0.39 is 0 Å². The van der Waals surface area contributed by atoms with Gasteiger partial charge in [-0.15, -0.1) is 0 Å². The predicted molar refractivity (Wildman–Crippen MR) is 72.0 cm³/mol. The molecule has 0 saturated heterocycles. The third-order valence-electron chi connectivity index (χ3n) is 2.65. The first-order chi connectivity index (χ1) is 6.93. The topological polar surface area (TPSA) is 38.0 Å².